The van der Waals surface area contributed by atoms with E-state index >= 15 is 0 Å². The van der Waals surface area contributed by atoms with E-state index in [4.69, 9.17) is 4.98 Å². The highest BCUT2D eigenvalue weighted by Gasteiger charge is 2.26. The molecule has 3 nitrogen and oxygen atoms in total. The molecule has 2 aliphatic rings. The zero-order chi connectivity index (χ0) is 16.8. The summed E-state index contributed by atoms with van der Waals surface area (Å²) in [6.07, 6.45) is 3.94. The van der Waals surface area contributed by atoms with E-state index < -0.39 is 0 Å². The Morgan fingerprint density at radius 1 is 0.960 bits per heavy atom. The Hall–Kier alpha value is -2.13. The molecule has 0 atom stereocenters. The van der Waals surface area contributed by atoms with Gasteiger partial charge in [-0.25, -0.2) is 4.98 Å². The first kappa shape index (κ1) is 15.2. The molecule has 2 aromatic carbocycles. The Balaban J connectivity index is 1.44. The first-order chi connectivity index (χ1) is 12.3. The number of hydrogen-bond acceptors (Lipinski definition) is 2. The van der Waals surface area contributed by atoms with Gasteiger partial charge in [0.25, 0.3) is 0 Å². The number of rotatable bonds is 3. The van der Waals surface area contributed by atoms with Gasteiger partial charge in [0.05, 0.1) is 11.0 Å². The maximum absolute atomic E-state index is 4.98. The van der Waals surface area contributed by atoms with E-state index in [9.17, 15) is 0 Å². The molecule has 1 saturated carbocycles. The average Bonchev–Trinajstić information content (AvgIpc) is 3.40. The van der Waals surface area contributed by atoms with Crippen LogP contribution in [0.3, 0.4) is 0 Å². The molecule has 1 aliphatic heterocycles. The number of nitrogens with zero attached hydrogens (tertiary/aromatic N) is 3. The smallest absolute Gasteiger partial charge is 0.111 e. The van der Waals surface area contributed by atoms with Gasteiger partial charge in [-0.05, 0) is 48.9 Å². The van der Waals surface area contributed by atoms with Gasteiger partial charge in [-0.3, -0.25) is 0 Å². The summed E-state index contributed by atoms with van der Waals surface area (Å²) >= 11 is 0. The summed E-state index contributed by atoms with van der Waals surface area (Å²) in [6, 6.07) is 15.5. The van der Waals surface area contributed by atoms with Crippen molar-refractivity contribution in [1.82, 2.24) is 14.5 Å². The lowest BCUT2D eigenvalue weighted by atomic mass is 10.0. The number of hydrogen-bond donors (Lipinski definition) is 0. The highest BCUT2D eigenvalue weighted by Crippen LogP contribution is 2.31. The molecule has 0 spiro atoms. The molecule has 1 fully saturated rings. The number of aromatic nitrogens is 2. The van der Waals surface area contributed by atoms with Crippen LogP contribution in [0.5, 0.6) is 0 Å². The Morgan fingerprint density at radius 2 is 1.76 bits per heavy atom. The summed E-state index contributed by atoms with van der Waals surface area (Å²) in [4.78, 5) is 7.62. The maximum Gasteiger partial charge on any atom is 0.111 e. The van der Waals surface area contributed by atoms with Crippen molar-refractivity contribution in [3.63, 3.8) is 0 Å². The Labute approximate surface area is 149 Å². The van der Waals surface area contributed by atoms with Crippen molar-refractivity contribution in [2.45, 2.75) is 32.7 Å². The molecule has 3 aromatic rings. The van der Waals surface area contributed by atoms with Crippen LogP contribution < -0.4 is 0 Å². The Bertz CT molecular complexity index is 903. The first-order valence-electron chi connectivity index (χ1n) is 9.55. The van der Waals surface area contributed by atoms with Crippen LogP contribution in [0, 0.1) is 12.8 Å². The van der Waals surface area contributed by atoms with Crippen molar-refractivity contribution in [1.29, 1.82) is 0 Å². The molecule has 5 rings (SSSR count). The van der Waals surface area contributed by atoms with Crippen LogP contribution in [0.25, 0.3) is 22.2 Å². The minimum absolute atomic E-state index is 0.972. The summed E-state index contributed by atoms with van der Waals surface area (Å²) in [7, 11) is 0. The van der Waals surface area contributed by atoms with Gasteiger partial charge in [-0.2, -0.15) is 0 Å². The molecule has 128 valence electrons. The van der Waals surface area contributed by atoms with Crippen LogP contribution in [-0.2, 0) is 13.0 Å². The van der Waals surface area contributed by atoms with E-state index in [1.807, 2.05) is 0 Å². The molecule has 0 N–H and O–H groups in total. The molecule has 25 heavy (non-hydrogen) atoms. The largest absolute Gasteiger partial charge is 0.327 e. The van der Waals surface area contributed by atoms with Crippen molar-refractivity contribution in [2.24, 2.45) is 5.92 Å². The van der Waals surface area contributed by atoms with Gasteiger partial charge in [0.2, 0.25) is 0 Å². The van der Waals surface area contributed by atoms with E-state index in [1.54, 1.807) is 0 Å². The summed E-state index contributed by atoms with van der Waals surface area (Å²) in [5.41, 5.74) is 6.26. The van der Waals surface area contributed by atoms with Crippen LogP contribution in [-0.4, -0.2) is 34.1 Å². The highest BCUT2D eigenvalue weighted by atomic mass is 15.2. The molecule has 0 bridgehead atoms. The van der Waals surface area contributed by atoms with Crippen molar-refractivity contribution in [2.75, 3.05) is 19.6 Å². The molecular weight excluding hydrogens is 306 g/mol. The van der Waals surface area contributed by atoms with E-state index in [0.717, 1.165) is 37.5 Å². The van der Waals surface area contributed by atoms with Gasteiger partial charge < -0.3 is 9.47 Å². The zero-order valence-corrected chi connectivity index (χ0v) is 14.9. The third-order valence-corrected chi connectivity index (χ3v) is 5.72. The predicted molar refractivity (Wildman–Crippen MR) is 103 cm³/mol. The van der Waals surface area contributed by atoms with Gasteiger partial charge in [0, 0.05) is 32.6 Å². The van der Waals surface area contributed by atoms with Gasteiger partial charge in [0.1, 0.15) is 5.82 Å². The zero-order valence-electron chi connectivity index (χ0n) is 14.9. The lowest BCUT2D eigenvalue weighted by Crippen LogP contribution is -2.29. The van der Waals surface area contributed by atoms with Gasteiger partial charge in [-0.1, -0.05) is 35.9 Å². The first-order valence-corrected chi connectivity index (χ1v) is 9.55. The number of imidazole rings is 1. The lowest BCUT2D eigenvalue weighted by Gasteiger charge is -2.18. The normalized spacial score (nSPS) is 18.3. The van der Waals surface area contributed by atoms with E-state index in [2.05, 4.69) is 58.9 Å². The van der Waals surface area contributed by atoms with Crippen LogP contribution in [0.4, 0.5) is 0 Å². The molecule has 0 unspecified atom stereocenters. The molecule has 0 radical (unpaired) electrons. The topological polar surface area (TPSA) is 21.1 Å². The van der Waals surface area contributed by atoms with E-state index in [0.29, 0.717) is 0 Å². The summed E-state index contributed by atoms with van der Waals surface area (Å²) in [5.74, 6) is 2.23. The molecule has 3 heteroatoms. The quantitative estimate of drug-likeness (QED) is 0.714. The predicted octanol–water partition coefficient (Wildman–Crippen LogP) is 4.28. The number of benzene rings is 2. The van der Waals surface area contributed by atoms with Crippen molar-refractivity contribution in [3.8, 4) is 11.1 Å². The van der Waals surface area contributed by atoms with Gasteiger partial charge in [-0.15, -0.1) is 0 Å². The third kappa shape index (κ3) is 2.98. The molecule has 1 aromatic heterocycles. The average molecular weight is 331 g/mol. The monoisotopic (exact) mass is 331 g/mol. The van der Waals surface area contributed by atoms with E-state index in [-0.39, 0.29) is 0 Å². The minimum Gasteiger partial charge on any atom is -0.327 e. The van der Waals surface area contributed by atoms with Crippen molar-refractivity contribution >= 4 is 11.0 Å². The summed E-state index contributed by atoms with van der Waals surface area (Å²) in [6.45, 7) is 6.81. The molecule has 2 heterocycles. The van der Waals surface area contributed by atoms with Crippen molar-refractivity contribution < 1.29 is 0 Å². The molecule has 0 saturated heterocycles. The second-order valence-corrected chi connectivity index (χ2v) is 7.74. The lowest BCUT2D eigenvalue weighted by molar-refractivity contribution is 0.269. The third-order valence-electron chi connectivity index (χ3n) is 5.72. The molecular formula is C22H25N3. The Morgan fingerprint density at radius 3 is 2.56 bits per heavy atom. The number of fused-ring (bicyclic) bond motifs is 3. The van der Waals surface area contributed by atoms with Crippen LogP contribution in [0.15, 0.2) is 42.5 Å². The van der Waals surface area contributed by atoms with Crippen molar-refractivity contribution in [3.05, 3.63) is 53.9 Å². The minimum atomic E-state index is 0.972. The fraction of sp³-hybridized carbons (Fsp3) is 0.409. The summed E-state index contributed by atoms with van der Waals surface area (Å²) in [5, 5.41) is 0. The number of aryl methyl sites for hydroxylation is 1. The van der Waals surface area contributed by atoms with Crippen LogP contribution in [0.2, 0.25) is 0 Å². The standard InChI is InChI=1S/C22H25N3/c1-16-2-6-18(7-3-16)19-8-9-21-20(14-19)23-22-10-11-24(12-13-25(21)22)15-17-4-5-17/h2-3,6-9,14,17H,4-5,10-13,15H2,1H3. The van der Waals surface area contributed by atoms with Crippen LogP contribution >= 0.6 is 0 Å². The van der Waals surface area contributed by atoms with E-state index in [1.165, 1.54) is 47.4 Å². The highest BCUT2D eigenvalue weighted by molar-refractivity contribution is 5.82. The fourth-order valence-corrected chi connectivity index (χ4v) is 4.01. The van der Waals surface area contributed by atoms with Gasteiger partial charge >= 0.3 is 0 Å². The molecule has 1 aliphatic carbocycles. The second kappa shape index (κ2) is 5.99. The fourth-order valence-electron chi connectivity index (χ4n) is 4.01. The Kier molecular flexibility index (Phi) is 3.63. The summed E-state index contributed by atoms with van der Waals surface area (Å²) < 4.78 is 2.45. The molecule has 0 amide bonds. The van der Waals surface area contributed by atoms with Crippen LogP contribution in [0.1, 0.15) is 24.2 Å². The van der Waals surface area contributed by atoms with Gasteiger partial charge in [0.15, 0.2) is 0 Å². The maximum atomic E-state index is 4.98. The second-order valence-electron chi connectivity index (χ2n) is 7.74. The SMILES string of the molecule is Cc1ccc(-c2ccc3c(c2)nc2n3CCN(CC3CC3)CC2)cc1.